The van der Waals surface area contributed by atoms with E-state index in [-0.39, 0.29) is 5.56 Å². The van der Waals surface area contributed by atoms with Gasteiger partial charge in [0.25, 0.3) is 5.91 Å². The summed E-state index contributed by atoms with van der Waals surface area (Å²) in [5, 5.41) is 9.20. The summed E-state index contributed by atoms with van der Waals surface area (Å²) in [5.74, 6) is -1.54. The van der Waals surface area contributed by atoms with Crippen LogP contribution in [0.25, 0.3) is 0 Å². The lowest BCUT2D eigenvalue weighted by Gasteiger charge is -2.28. The maximum atomic E-state index is 11.5. The van der Waals surface area contributed by atoms with E-state index in [1.54, 1.807) is 38.8 Å². The van der Waals surface area contributed by atoms with Gasteiger partial charge in [-0.15, -0.1) is 0 Å². The first-order chi connectivity index (χ1) is 8.79. The van der Waals surface area contributed by atoms with Gasteiger partial charge in [-0.3, -0.25) is 9.78 Å². The number of hydrogen-bond acceptors (Lipinski definition) is 4. The van der Waals surface area contributed by atoms with Crippen LogP contribution in [0.4, 0.5) is 5.69 Å². The average molecular weight is 265 g/mol. The number of aliphatic carboxylic acids is 1. The average Bonchev–Trinajstić information content (AvgIpc) is 2.27. The SMILES string of the molecule is CCC(C(=O)O)N(C)c1cc(C)nc(C)c1C(N)=O. The maximum absolute atomic E-state index is 11.5. The molecule has 104 valence electrons. The third-order valence-electron chi connectivity index (χ3n) is 3.07. The van der Waals surface area contributed by atoms with Crippen LogP contribution in [0.3, 0.4) is 0 Å². The molecule has 6 nitrogen and oxygen atoms in total. The Bertz CT molecular complexity index is 514. The fourth-order valence-electron chi connectivity index (χ4n) is 2.17. The molecule has 0 aliphatic rings. The highest BCUT2D eigenvalue weighted by Gasteiger charge is 2.25. The molecule has 0 saturated heterocycles. The molecule has 0 aliphatic heterocycles. The fourth-order valence-corrected chi connectivity index (χ4v) is 2.17. The molecule has 19 heavy (non-hydrogen) atoms. The van der Waals surface area contributed by atoms with Crippen LogP contribution < -0.4 is 10.6 Å². The summed E-state index contributed by atoms with van der Waals surface area (Å²) in [6.07, 6.45) is 0.421. The van der Waals surface area contributed by atoms with E-state index in [1.807, 2.05) is 0 Å². The number of primary amides is 1. The molecule has 1 aromatic heterocycles. The molecule has 1 amide bonds. The Hall–Kier alpha value is -2.11. The molecule has 1 heterocycles. The van der Waals surface area contributed by atoms with Crippen LogP contribution in [-0.4, -0.2) is 35.1 Å². The Kier molecular flexibility index (Phi) is 4.47. The minimum atomic E-state index is -0.937. The van der Waals surface area contributed by atoms with Gasteiger partial charge in [0.1, 0.15) is 6.04 Å². The lowest BCUT2D eigenvalue weighted by molar-refractivity contribution is -0.138. The van der Waals surface area contributed by atoms with Crippen molar-refractivity contribution < 1.29 is 14.7 Å². The quantitative estimate of drug-likeness (QED) is 0.831. The number of carbonyl (C=O) groups excluding carboxylic acids is 1. The second kappa shape index (κ2) is 5.69. The summed E-state index contributed by atoms with van der Waals surface area (Å²) < 4.78 is 0. The van der Waals surface area contributed by atoms with Gasteiger partial charge >= 0.3 is 5.97 Å². The summed E-state index contributed by atoms with van der Waals surface area (Å²) in [4.78, 5) is 28.5. The van der Waals surface area contributed by atoms with E-state index in [0.29, 0.717) is 23.5 Å². The first-order valence-electron chi connectivity index (χ1n) is 6.03. The smallest absolute Gasteiger partial charge is 0.326 e. The summed E-state index contributed by atoms with van der Waals surface area (Å²) in [6, 6.07) is 0.970. The summed E-state index contributed by atoms with van der Waals surface area (Å²) >= 11 is 0. The summed E-state index contributed by atoms with van der Waals surface area (Å²) in [5.41, 5.74) is 7.37. The second-order valence-corrected chi connectivity index (χ2v) is 4.48. The normalized spacial score (nSPS) is 12.0. The van der Waals surface area contributed by atoms with E-state index >= 15 is 0 Å². The number of carbonyl (C=O) groups is 2. The lowest BCUT2D eigenvalue weighted by Crippen LogP contribution is -2.39. The van der Waals surface area contributed by atoms with Gasteiger partial charge in [-0.05, 0) is 26.3 Å². The van der Waals surface area contributed by atoms with Crippen molar-refractivity contribution in [1.82, 2.24) is 4.98 Å². The highest BCUT2D eigenvalue weighted by atomic mass is 16.4. The van der Waals surface area contributed by atoms with Crippen LogP contribution in [0.15, 0.2) is 6.07 Å². The zero-order valence-corrected chi connectivity index (χ0v) is 11.6. The van der Waals surface area contributed by atoms with E-state index in [2.05, 4.69) is 4.98 Å². The van der Waals surface area contributed by atoms with E-state index < -0.39 is 17.9 Å². The molecule has 1 unspecified atom stereocenters. The highest BCUT2D eigenvalue weighted by Crippen LogP contribution is 2.25. The minimum absolute atomic E-state index is 0.271. The first kappa shape index (κ1) is 14.9. The molecule has 0 spiro atoms. The van der Waals surface area contributed by atoms with Crippen LogP contribution in [0.2, 0.25) is 0 Å². The van der Waals surface area contributed by atoms with Gasteiger partial charge in [-0.25, -0.2) is 4.79 Å². The number of likely N-dealkylation sites (N-methyl/N-ethyl adjacent to an activating group) is 1. The Labute approximate surface area is 112 Å². The maximum Gasteiger partial charge on any atom is 0.326 e. The van der Waals surface area contributed by atoms with Gasteiger partial charge in [-0.1, -0.05) is 6.92 Å². The molecule has 6 heteroatoms. The van der Waals surface area contributed by atoms with Crippen LogP contribution in [0.5, 0.6) is 0 Å². The zero-order valence-electron chi connectivity index (χ0n) is 11.6. The number of aromatic nitrogens is 1. The third-order valence-corrected chi connectivity index (χ3v) is 3.07. The van der Waals surface area contributed by atoms with Crippen molar-refractivity contribution in [3.05, 3.63) is 23.0 Å². The number of pyridine rings is 1. The van der Waals surface area contributed by atoms with Gasteiger partial charge in [-0.2, -0.15) is 0 Å². The van der Waals surface area contributed by atoms with Gasteiger partial charge in [0, 0.05) is 12.7 Å². The molecule has 3 N–H and O–H groups in total. The predicted molar refractivity (Wildman–Crippen MR) is 72.3 cm³/mol. The number of rotatable bonds is 5. The van der Waals surface area contributed by atoms with Gasteiger partial charge in [0.15, 0.2) is 0 Å². The van der Waals surface area contributed by atoms with Crippen molar-refractivity contribution in [1.29, 1.82) is 0 Å². The number of carboxylic acids is 1. The van der Waals surface area contributed by atoms with Crippen molar-refractivity contribution in [3.8, 4) is 0 Å². The number of anilines is 1. The standard InChI is InChI=1S/C13H19N3O3/c1-5-9(13(18)19)16(4)10-6-7(2)15-8(3)11(10)12(14)17/h6,9H,5H2,1-4H3,(H2,14,17)(H,18,19). The number of carboxylic acid groups (broad SMARTS) is 1. The fraction of sp³-hybridized carbons (Fsp3) is 0.462. The number of amides is 1. The monoisotopic (exact) mass is 265 g/mol. The molecule has 0 bridgehead atoms. The summed E-state index contributed by atoms with van der Waals surface area (Å²) in [7, 11) is 1.64. The molecule has 0 saturated carbocycles. The molecule has 0 fully saturated rings. The number of nitrogens with two attached hydrogens (primary N) is 1. The largest absolute Gasteiger partial charge is 0.480 e. The summed E-state index contributed by atoms with van der Waals surface area (Å²) in [6.45, 7) is 5.25. The van der Waals surface area contributed by atoms with Gasteiger partial charge in [0.2, 0.25) is 0 Å². The predicted octanol–water partition coefficient (Wildman–Crippen LogP) is 1.10. The second-order valence-electron chi connectivity index (χ2n) is 4.48. The molecule has 1 rings (SSSR count). The number of aryl methyl sites for hydroxylation is 2. The molecule has 0 aliphatic carbocycles. The first-order valence-corrected chi connectivity index (χ1v) is 6.03. The molecule has 1 atom stereocenters. The van der Waals surface area contributed by atoms with Gasteiger partial charge in [0.05, 0.1) is 16.9 Å². The molecule has 0 aromatic carbocycles. The third kappa shape index (κ3) is 3.01. The minimum Gasteiger partial charge on any atom is -0.480 e. The molecular formula is C13H19N3O3. The lowest BCUT2D eigenvalue weighted by atomic mass is 10.1. The van der Waals surface area contributed by atoms with Crippen LogP contribution in [0, 0.1) is 13.8 Å². The Morgan fingerprint density at radius 3 is 2.47 bits per heavy atom. The van der Waals surface area contributed by atoms with E-state index in [1.165, 1.54) is 0 Å². The Balaban J connectivity index is 3.40. The number of nitrogens with zero attached hydrogens (tertiary/aromatic N) is 2. The van der Waals surface area contributed by atoms with E-state index in [0.717, 1.165) is 0 Å². The van der Waals surface area contributed by atoms with Crippen molar-refractivity contribution in [2.75, 3.05) is 11.9 Å². The van der Waals surface area contributed by atoms with Crippen LogP contribution in [0.1, 0.15) is 35.1 Å². The Morgan fingerprint density at radius 2 is 2.05 bits per heavy atom. The molecule has 0 radical (unpaired) electrons. The highest BCUT2D eigenvalue weighted by molar-refractivity contribution is 6.00. The van der Waals surface area contributed by atoms with Crippen molar-refractivity contribution in [2.24, 2.45) is 5.73 Å². The molecular weight excluding hydrogens is 246 g/mol. The molecule has 1 aromatic rings. The van der Waals surface area contributed by atoms with Crippen molar-refractivity contribution in [2.45, 2.75) is 33.2 Å². The topological polar surface area (TPSA) is 96.5 Å². The number of hydrogen-bond donors (Lipinski definition) is 2. The van der Waals surface area contributed by atoms with Crippen molar-refractivity contribution >= 4 is 17.6 Å². The van der Waals surface area contributed by atoms with Crippen molar-refractivity contribution in [3.63, 3.8) is 0 Å². The Morgan fingerprint density at radius 1 is 1.47 bits per heavy atom. The van der Waals surface area contributed by atoms with Gasteiger partial charge < -0.3 is 15.7 Å². The zero-order chi connectivity index (χ0) is 14.7. The van der Waals surface area contributed by atoms with E-state index in [9.17, 15) is 14.7 Å². The van der Waals surface area contributed by atoms with E-state index in [4.69, 9.17) is 5.73 Å². The van der Waals surface area contributed by atoms with Crippen LogP contribution >= 0.6 is 0 Å². The van der Waals surface area contributed by atoms with Crippen LogP contribution in [-0.2, 0) is 4.79 Å².